The van der Waals surface area contributed by atoms with Crippen molar-refractivity contribution in [1.82, 2.24) is 24.5 Å². The molecule has 0 saturated carbocycles. The SMILES string of the molecule is Cc1cc(C)n2nc(C(=O)N3CCC(C(F)(F)F)C3(C)C)nc2n1. The van der Waals surface area contributed by atoms with E-state index in [-0.39, 0.29) is 24.6 Å². The summed E-state index contributed by atoms with van der Waals surface area (Å²) < 4.78 is 41.0. The Labute approximate surface area is 136 Å². The molecule has 0 spiro atoms. The summed E-state index contributed by atoms with van der Waals surface area (Å²) in [5.74, 6) is -2.03. The second-order valence-corrected chi connectivity index (χ2v) is 6.68. The quantitative estimate of drug-likeness (QED) is 0.800. The maximum absolute atomic E-state index is 13.2. The fraction of sp³-hybridized carbons (Fsp3) is 0.600. The number of carbonyl (C=O) groups is 1. The summed E-state index contributed by atoms with van der Waals surface area (Å²) >= 11 is 0. The molecule has 1 amide bonds. The Bertz CT molecular complexity index is 811. The third-order valence-electron chi connectivity index (χ3n) is 4.64. The van der Waals surface area contributed by atoms with Crippen LogP contribution >= 0.6 is 0 Å². The molecule has 0 aliphatic carbocycles. The molecule has 1 aliphatic heterocycles. The van der Waals surface area contributed by atoms with Crippen LogP contribution in [0.4, 0.5) is 13.2 Å². The fourth-order valence-electron chi connectivity index (χ4n) is 3.39. The number of halogens is 3. The van der Waals surface area contributed by atoms with Crippen LogP contribution in [0.5, 0.6) is 0 Å². The van der Waals surface area contributed by atoms with Gasteiger partial charge in [0.25, 0.3) is 11.7 Å². The molecule has 0 N–H and O–H groups in total. The van der Waals surface area contributed by atoms with Crippen molar-refractivity contribution in [3.63, 3.8) is 0 Å². The minimum absolute atomic E-state index is 0.0248. The molecule has 1 unspecified atom stereocenters. The number of hydrogen-bond acceptors (Lipinski definition) is 4. The van der Waals surface area contributed by atoms with Crippen molar-refractivity contribution in [1.29, 1.82) is 0 Å². The Balaban J connectivity index is 1.97. The van der Waals surface area contributed by atoms with Gasteiger partial charge in [-0.05, 0) is 40.2 Å². The second kappa shape index (κ2) is 5.15. The van der Waals surface area contributed by atoms with Crippen LogP contribution in [-0.2, 0) is 0 Å². The van der Waals surface area contributed by atoms with Gasteiger partial charge >= 0.3 is 6.18 Å². The van der Waals surface area contributed by atoms with Crippen LogP contribution in [0.1, 0.15) is 42.3 Å². The zero-order chi connectivity index (χ0) is 17.9. The zero-order valence-electron chi connectivity index (χ0n) is 13.8. The summed E-state index contributed by atoms with van der Waals surface area (Å²) in [5, 5.41) is 4.12. The monoisotopic (exact) mass is 341 g/mol. The maximum Gasteiger partial charge on any atom is 0.394 e. The molecule has 0 aromatic carbocycles. The van der Waals surface area contributed by atoms with Gasteiger partial charge in [-0.3, -0.25) is 4.79 Å². The van der Waals surface area contributed by atoms with Gasteiger partial charge in [-0.15, -0.1) is 5.10 Å². The van der Waals surface area contributed by atoms with E-state index in [0.29, 0.717) is 0 Å². The molecular weight excluding hydrogens is 323 g/mol. The van der Waals surface area contributed by atoms with Crippen LogP contribution in [0.3, 0.4) is 0 Å². The van der Waals surface area contributed by atoms with E-state index in [9.17, 15) is 18.0 Å². The Morgan fingerprint density at radius 1 is 1.29 bits per heavy atom. The third-order valence-corrected chi connectivity index (χ3v) is 4.64. The zero-order valence-corrected chi connectivity index (χ0v) is 13.8. The first-order chi connectivity index (χ1) is 11.0. The molecule has 1 atom stereocenters. The van der Waals surface area contributed by atoms with Crippen molar-refractivity contribution >= 4 is 11.7 Å². The molecule has 3 rings (SSSR count). The lowest BCUT2D eigenvalue weighted by Gasteiger charge is -2.36. The molecule has 1 fully saturated rings. The Hall–Kier alpha value is -2.19. The molecule has 24 heavy (non-hydrogen) atoms. The van der Waals surface area contributed by atoms with Gasteiger partial charge in [-0.2, -0.15) is 18.2 Å². The van der Waals surface area contributed by atoms with Crippen LogP contribution in [0, 0.1) is 19.8 Å². The molecule has 1 saturated heterocycles. The van der Waals surface area contributed by atoms with Crippen molar-refractivity contribution in [3.05, 3.63) is 23.3 Å². The first-order valence-corrected chi connectivity index (χ1v) is 7.61. The van der Waals surface area contributed by atoms with Crippen molar-refractivity contribution in [3.8, 4) is 0 Å². The summed E-state index contributed by atoms with van der Waals surface area (Å²) in [4.78, 5) is 22.2. The van der Waals surface area contributed by atoms with Gasteiger partial charge in [0.2, 0.25) is 5.82 Å². The first kappa shape index (κ1) is 16.7. The predicted octanol–water partition coefficient (Wildman–Crippen LogP) is 2.54. The van der Waals surface area contributed by atoms with E-state index in [4.69, 9.17) is 0 Å². The molecule has 6 nitrogen and oxygen atoms in total. The van der Waals surface area contributed by atoms with E-state index >= 15 is 0 Å². The highest BCUT2D eigenvalue weighted by atomic mass is 19.4. The highest BCUT2D eigenvalue weighted by molar-refractivity contribution is 5.91. The number of aromatic nitrogens is 4. The average molecular weight is 341 g/mol. The molecule has 9 heteroatoms. The van der Waals surface area contributed by atoms with Crippen LogP contribution < -0.4 is 0 Å². The van der Waals surface area contributed by atoms with Crippen molar-refractivity contribution < 1.29 is 18.0 Å². The number of likely N-dealkylation sites (tertiary alicyclic amines) is 1. The molecule has 0 radical (unpaired) electrons. The molecule has 2 aromatic rings. The number of rotatable bonds is 1. The van der Waals surface area contributed by atoms with Gasteiger partial charge in [0, 0.05) is 23.5 Å². The van der Waals surface area contributed by atoms with E-state index in [1.54, 1.807) is 19.9 Å². The van der Waals surface area contributed by atoms with E-state index in [2.05, 4.69) is 15.1 Å². The Morgan fingerprint density at radius 2 is 1.96 bits per heavy atom. The number of alkyl halides is 3. The van der Waals surface area contributed by atoms with E-state index in [1.165, 1.54) is 23.3 Å². The van der Waals surface area contributed by atoms with Gasteiger partial charge in [-0.1, -0.05) is 0 Å². The van der Waals surface area contributed by atoms with Crippen molar-refractivity contribution in [2.45, 2.75) is 45.8 Å². The van der Waals surface area contributed by atoms with Gasteiger partial charge in [0.1, 0.15) is 0 Å². The van der Waals surface area contributed by atoms with Gasteiger partial charge < -0.3 is 4.90 Å². The fourth-order valence-corrected chi connectivity index (χ4v) is 3.39. The van der Waals surface area contributed by atoms with Crippen LogP contribution in [0.25, 0.3) is 5.78 Å². The normalized spacial score (nSPS) is 20.8. The summed E-state index contributed by atoms with van der Waals surface area (Å²) in [7, 11) is 0. The molecule has 0 bridgehead atoms. The van der Waals surface area contributed by atoms with E-state index < -0.39 is 23.5 Å². The number of fused-ring (bicyclic) bond motifs is 1. The van der Waals surface area contributed by atoms with E-state index in [1.807, 2.05) is 0 Å². The van der Waals surface area contributed by atoms with Crippen molar-refractivity contribution in [2.75, 3.05) is 6.54 Å². The summed E-state index contributed by atoms with van der Waals surface area (Å²) in [5.41, 5.74) is 0.133. The Kier molecular flexibility index (Phi) is 3.58. The van der Waals surface area contributed by atoms with Gasteiger partial charge in [-0.25, -0.2) is 9.50 Å². The number of aryl methyl sites for hydroxylation is 2. The minimum atomic E-state index is -4.35. The summed E-state index contributed by atoms with van der Waals surface area (Å²) in [6, 6.07) is 1.79. The molecular formula is C15H18F3N5O. The number of amides is 1. The predicted molar refractivity (Wildman–Crippen MR) is 79.5 cm³/mol. The number of hydrogen-bond donors (Lipinski definition) is 0. The molecule has 2 aromatic heterocycles. The lowest BCUT2D eigenvalue weighted by atomic mass is 9.88. The highest BCUT2D eigenvalue weighted by Crippen LogP contribution is 2.45. The number of nitrogens with zero attached hydrogens (tertiary/aromatic N) is 5. The van der Waals surface area contributed by atoms with Crippen LogP contribution in [0.15, 0.2) is 6.07 Å². The largest absolute Gasteiger partial charge is 0.394 e. The smallest absolute Gasteiger partial charge is 0.330 e. The van der Waals surface area contributed by atoms with E-state index in [0.717, 1.165) is 11.4 Å². The van der Waals surface area contributed by atoms with Crippen LogP contribution in [-0.4, -0.2) is 48.6 Å². The molecule has 130 valence electrons. The standard InChI is InChI=1S/C15H18F3N5O/c1-8-7-9(2)23-13(19-8)20-11(21-23)12(24)22-6-5-10(14(22,3)4)15(16,17)18/h7,10H,5-6H2,1-4H3. The van der Waals surface area contributed by atoms with Gasteiger partial charge in [0.05, 0.1) is 5.92 Å². The Morgan fingerprint density at radius 3 is 2.54 bits per heavy atom. The van der Waals surface area contributed by atoms with Crippen LogP contribution in [0.2, 0.25) is 0 Å². The highest BCUT2D eigenvalue weighted by Gasteiger charge is 2.56. The minimum Gasteiger partial charge on any atom is -0.330 e. The molecule has 3 heterocycles. The third kappa shape index (κ3) is 2.51. The lowest BCUT2D eigenvalue weighted by Crippen LogP contribution is -2.50. The lowest BCUT2D eigenvalue weighted by molar-refractivity contribution is -0.189. The number of carbonyl (C=O) groups excluding carboxylic acids is 1. The average Bonchev–Trinajstić information content (AvgIpc) is 2.97. The van der Waals surface area contributed by atoms with Gasteiger partial charge in [0.15, 0.2) is 0 Å². The second-order valence-electron chi connectivity index (χ2n) is 6.68. The maximum atomic E-state index is 13.2. The molecule has 1 aliphatic rings. The topological polar surface area (TPSA) is 63.4 Å². The summed E-state index contributed by atoms with van der Waals surface area (Å²) in [6.45, 7) is 6.47. The summed E-state index contributed by atoms with van der Waals surface area (Å²) in [6.07, 6.45) is -4.47. The first-order valence-electron chi connectivity index (χ1n) is 7.61. The van der Waals surface area contributed by atoms with Crippen molar-refractivity contribution in [2.24, 2.45) is 5.92 Å².